The monoisotopic (exact) mass is 292 g/mol. The van der Waals surface area contributed by atoms with E-state index in [1.54, 1.807) is 0 Å². The molecule has 0 spiro atoms. The first-order chi connectivity index (χ1) is 10.1. The minimum absolute atomic E-state index is 0.144. The van der Waals surface area contributed by atoms with Gasteiger partial charge in [0.15, 0.2) is 0 Å². The maximum Gasteiger partial charge on any atom is 0.223 e. The number of hydrogen-bond donors (Lipinski definition) is 2. The molecule has 3 rings (SSSR count). The van der Waals surface area contributed by atoms with Crippen LogP contribution in [0.4, 0.5) is 0 Å². The lowest BCUT2D eigenvalue weighted by atomic mass is 9.84. The average Bonchev–Trinajstić information content (AvgIpc) is 3.11. The molecular formula is C17H28N2O2. The van der Waals surface area contributed by atoms with Gasteiger partial charge < -0.3 is 10.6 Å². The van der Waals surface area contributed by atoms with E-state index in [0.29, 0.717) is 24.9 Å². The van der Waals surface area contributed by atoms with Crippen LogP contribution in [-0.2, 0) is 9.59 Å². The van der Waals surface area contributed by atoms with Crippen LogP contribution in [0.15, 0.2) is 0 Å². The molecule has 0 saturated heterocycles. The Bertz CT molecular complexity index is 406. The molecule has 2 N–H and O–H groups in total. The Morgan fingerprint density at radius 1 is 1.14 bits per heavy atom. The largest absolute Gasteiger partial charge is 0.356 e. The van der Waals surface area contributed by atoms with Crippen LogP contribution in [0.1, 0.15) is 58.3 Å². The number of hydrogen-bond acceptors (Lipinski definition) is 2. The highest BCUT2D eigenvalue weighted by molar-refractivity contribution is 5.81. The molecule has 0 unspecified atom stereocenters. The van der Waals surface area contributed by atoms with Crippen LogP contribution < -0.4 is 10.6 Å². The highest BCUT2D eigenvalue weighted by atomic mass is 16.2. The van der Waals surface area contributed by atoms with Crippen LogP contribution in [0, 0.1) is 23.7 Å². The van der Waals surface area contributed by atoms with E-state index in [-0.39, 0.29) is 17.7 Å². The van der Waals surface area contributed by atoms with Gasteiger partial charge in [0.2, 0.25) is 11.8 Å². The summed E-state index contributed by atoms with van der Waals surface area (Å²) < 4.78 is 0. The van der Waals surface area contributed by atoms with Crippen LogP contribution in [0.25, 0.3) is 0 Å². The van der Waals surface area contributed by atoms with Crippen LogP contribution in [0.3, 0.4) is 0 Å². The zero-order chi connectivity index (χ0) is 14.8. The van der Waals surface area contributed by atoms with Gasteiger partial charge in [0.25, 0.3) is 0 Å². The van der Waals surface area contributed by atoms with Gasteiger partial charge in [-0.05, 0) is 63.2 Å². The second-order valence-electron chi connectivity index (χ2n) is 7.36. The number of carbonyl (C=O) groups excluding carboxylic acids is 2. The Kier molecular flexibility index (Phi) is 4.51. The summed E-state index contributed by atoms with van der Waals surface area (Å²) in [5.41, 5.74) is 0. The molecule has 2 amide bonds. The third-order valence-electron chi connectivity index (χ3n) is 5.65. The lowest BCUT2D eigenvalue weighted by Gasteiger charge is -2.28. The molecule has 3 saturated carbocycles. The molecular weight excluding hydrogens is 264 g/mol. The molecule has 4 nitrogen and oxygen atoms in total. The zero-order valence-corrected chi connectivity index (χ0v) is 13.1. The number of amides is 2. The van der Waals surface area contributed by atoms with E-state index in [4.69, 9.17) is 0 Å². The summed E-state index contributed by atoms with van der Waals surface area (Å²) in [4.78, 5) is 23.4. The van der Waals surface area contributed by atoms with Gasteiger partial charge in [-0.1, -0.05) is 6.42 Å². The van der Waals surface area contributed by atoms with Crippen molar-refractivity contribution in [2.45, 2.75) is 64.3 Å². The van der Waals surface area contributed by atoms with Crippen molar-refractivity contribution in [1.82, 2.24) is 10.6 Å². The van der Waals surface area contributed by atoms with Crippen molar-refractivity contribution >= 4 is 11.8 Å². The zero-order valence-electron chi connectivity index (χ0n) is 13.1. The van der Waals surface area contributed by atoms with Gasteiger partial charge in [0.05, 0.1) is 0 Å². The van der Waals surface area contributed by atoms with E-state index in [9.17, 15) is 9.59 Å². The molecule has 3 aliphatic carbocycles. The van der Waals surface area contributed by atoms with Gasteiger partial charge in [0.1, 0.15) is 0 Å². The maximum absolute atomic E-state index is 12.0. The molecule has 3 fully saturated rings. The topological polar surface area (TPSA) is 58.2 Å². The highest BCUT2D eigenvalue weighted by Gasteiger charge is 2.42. The van der Waals surface area contributed by atoms with Crippen molar-refractivity contribution in [3.63, 3.8) is 0 Å². The third-order valence-corrected chi connectivity index (χ3v) is 5.65. The van der Waals surface area contributed by atoms with Gasteiger partial charge in [-0.3, -0.25) is 9.59 Å². The van der Waals surface area contributed by atoms with Gasteiger partial charge in [0, 0.05) is 24.9 Å². The quantitative estimate of drug-likeness (QED) is 0.707. The van der Waals surface area contributed by atoms with Crippen molar-refractivity contribution < 1.29 is 9.59 Å². The lowest BCUT2D eigenvalue weighted by Crippen LogP contribution is -2.40. The smallest absolute Gasteiger partial charge is 0.223 e. The molecule has 0 aromatic carbocycles. The lowest BCUT2D eigenvalue weighted by molar-refractivity contribution is -0.124. The minimum Gasteiger partial charge on any atom is -0.356 e. The molecule has 3 aliphatic rings. The predicted molar refractivity (Wildman–Crippen MR) is 81.5 cm³/mol. The first kappa shape index (κ1) is 14.9. The van der Waals surface area contributed by atoms with Crippen molar-refractivity contribution in [3.05, 3.63) is 0 Å². The summed E-state index contributed by atoms with van der Waals surface area (Å²) in [5, 5.41) is 6.09. The van der Waals surface area contributed by atoms with Gasteiger partial charge in [-0.15, -0.1) is 0 Å². The van der Waals surface area contributed by atoms with Gasteiger partial charge in [-0.2, -0.15) is 0 Å². The third kappa shape index (κ3) is 3.78. The maximum atomic E-state index is 12.0. The first-order valence-electron chi connectivity index (χ1n) is 8.70. The Balaban J connectivity index is 1.29. The van der Waals surface area contributed by atoms with Crippen molar-refractivity contribution in [1.29, 1.82) is 0 Å². The summed E-state index contributed by atoms with van der Waals surface area (Å²) >= 11 is 0. The van der Waals surface area contributed by atoms with E-state index in [1.165, 1.54) is 25.7 Å². The Morgan fingerprint density at radius 3 is 2.57 bits per heavy atom. The van der Waals surface area contributed by atoms with E-state index in [2.05, 4.69) is 17.6 Å². The fourth-order valence-electron chi connectivity index (χ4n) is 4.29. The van der Waals surface area contributed by atoms with E-state index in [1.807, 2.05) is 0 Å². The summed E-state index contributed by atoms with van der Waals surface area (Å²) in [6.45, 7) is 2.80. The molecule has 4 heteroatoms. The first-order valence-corrected chi connectivity index (χ1v) is 8.70. The van der Waals surface area contributed by atoms with E-state index < -0.39 is 0 Å². The summed E-state index contributed by atoms with van der Waals surface area (Å²) in [6.07, 6.45) is 8.80. The fraction of sp³-hybridized carbons (Fsp3) is 0.882. The molecule has 0 aromatic heterocycles. The van der Waals surface area contributed by atoms with E-state index >= 15 is 0 Å². The summed E-state index contributed by atoms with van der Waals surface area (Å²) in [5.74, 6) is 3.05. The second-order valence-corrected chi connectivity index (χ2v) is 7.36. The minimum atomic E-state index is 0.144. The highest BCUT2D eigenvalue weighted by Crippen LogP contribution is 2.49. The van der Waals surface area contributed by atoms with Crippen molar-refractivity contribution in [2.75, 3.05) is 6.54 Å². The van der Waals surface area contributed by atoms with Gasteiger partial charge in [-0.25, -0.2) is 0 Å². The Morgan fingerprint density at radius 2 is 1.95 bits per heavy atom. The molecule has 0 heterocycles. The molecule has 0 aliphatic heterocycles. The predicted octanol–water partition coefficient (Wildman–Crippen LogP) is 2.23. The molecule has 118 valence electrons. The van der Waals surface area contributed by atoms with Crippen LogP contribution >= 0.6 is 0 Å². The summed E-state index contributed by atoms with van der Waals surface area (Å²) in [7, 11) is 0. The molecule has 0 radical (unpaired) electrons. The molecule has 0 aromatic rings. The van der Waals surface area contributed by atoms with Crippen molar-refractivity contribution in [2.24, 2.45) is 23.7 Å². The standard InChI is InChI=1S/C17H28N2O2/c1-11(15-10-12-4-5-14(15)9-12)19-16(20)3-2-8-18-17(21)13-6-7-13/h11-15H,2-10H2,1H3,(H,18,21)(H,19,20)/t11-,12-,14-,15+/m0/s1. The number of carbonyl (C=O) groups is 2. The van der Waals surface area contributed by atoms with Crippen LogP contribution in [0.2, 0.25) is 0 Å². The molecule has 4 atom stereocenters. The van der Waals surface area contributed by atoms with Crippen molar-refractivity contribution in [3.8, 4) is 0 Å². The number of fused-ring (bicyclic) bond motifs is 2. The fourth-order valence-corrected chi connectivity index (χ4v) is 4.29. The number of nitrogens with one attached hydrogen (secondary N) is 2. The second kappa shape index (κ2) is 6.37. The SMILES string of the molecule is C[C@H](NC(=O)CCCNC(=O)C1CC1)[C@H]1C[C@H]2CC[C@H]1C2. The van der Waals surface area contributed by atoms with Crippen LogP contribution in [0.5, 0.6) is 0 Å². The van der Waals surface area contributed by atoms with Gasteiger partial charge >= 0.3 is 0 Å². The molecule has 21 heavy (non-hydrogen) atoms. The average molecular weight is 292 g/mol. The van der Waals surface area contributed by atoms with Crippen LogP contribution in [-0.4, -0.2) is 24.4 Å². The number of rotatable bonds is 7. The van der Waals surface area contributed by atoms with E-state index in [0.717, 1.165) is 31.1 Å². The Labute approximate surface area is 127 Å². The normalized spacial score (nSPS) is 32.0. The summed E-state index contributed by atoms with van der Waals surface area (Å²) in [6, 6.07) is 0.314. The molecule has 2 bridgehead atoms. The Hall–Kier alpha value is -1.06.